The molecule has 16 heavy (non-hydrogen) atoms. The van der Waals surface area contributed by atoms with E-state index in [4.69, 9.17) is 5.26 Å². The summed E-state index contributed by atoms with van der Waals surface area (Å²) >= 11 is 0. The molecule has 1 fully saturated rings. The highest BCUT2D eigenvalue weighted by Crippen LogP contribution is 2.19. The highest BCUT2D eigenvalue weighted by molar-refractivity contribution is 5.46. The lowest BCUT2D eigenvalue weighted by atomic mass is 10.2. The van der Waals surface area contributed by atoms with Gasteiger partial charge in [-0.3, -0.25) is 0 Å². The smallest absolute Gasteiger partial charge is 0.128 e. The second kappa shape index (κ2) is 4.50. The van der Waals surface area contributed by atoms with Gasteiger partial charge >= 0.3 is 0 Å². The van der Waals surface area contributed by atoms with E-state index >= 15 is 0 Å². The van der Waals surface area contributed by atoms with Crippen molar-refractivity contribution in [1.82, 2.24) is 10.3 Å². The van der Waals surface area contributed by atoms with E-state index in [1.165, 1.54) is 0 Å². The van der Waals surface area contributed by atoms with E-state index in [1.807, 2.05) is 26.1 Å². The lowest BCUT2D eigenvalue weighted by molar-refractivity contribution is 0.616. The summed E-state index contributed by atoms with van der Waals surface area (Å²) in [5.74, 6) is 0.981. The Morgan fingerprint density at radius 3 is 2.94 bits per heavy atom. The molecule has 1 aromatic rings. The Morgan fingerprint density at radius 1 is 1.56 bits per heavy atom. The summed E-state index contributed by atoms with van der Waals surface area (Å²) in [6.45, 7) is 3.91. The van der Waals surface area contributed by atoms with Gasteiger partial charge in [0, 0.05) is 19.1 Å². The molecule has 0 bridgehead atoms. The molecule has 1 N–H and O–H groups in total. The summed E-state index contributed by atoms with van der Waals surface area (Å²) < 4.78 is 0. The van der Waals surface area contributed by atoms with Crippen LogP contribution in [-0.2, 0) is 0 Å². The number of aromatic nitrogens is 1. The van der Waals surface area contributed by atoms with Crippen molar-refractivity contribution < 1.29 is 0 Å². The van der Waals surface area contributed by atoms with Crippen LogP contribution >= 0.6 is 0 Å². The Hall–Kier alpha value is -1.60. The van der Waals surface area contributed by atoms with Gasteiger partial charge in [-0.15, -0.1) is 0 Å². The van der Waals surface area contributed by atoms with Crippen molar-refractivity contribution in [2.75, 3.05) is 25.0 Å². The van der Waals surface area contributed by atoms with Crippen molar-refractivity contribution in [2.45, 2.75) is 19.4 Å². The van der Waals surface area contributed by atoms with Crippen LogP contribution in [0, 0.1) is 18.3 Å². The minimum absolute atomic E-state index is 0.553. The van der Waals surface area contributed by atoms with Gasteiger partial charge in [0.1, 0.15) is 11.9 Å². The van der Waals surface area contributed by atoms with Crippen LogP contribution in [0.4, 0.5) is 5.82 Å². The molecule has 0 aliphatic carbocycles. The average molecular weight is 216 g/mol. The lowest BCUT2D eigenvalue weighted by Gasteiger charge is -2.17. The van der Waals surface area contributed by atoms with Crippen molar-refractivity contribution in [3.63, 3.8) is 0 Å². The van der Waals surface area contributed by atoms with Crippen molar-refractivity contribution in [1.29, 1.82) is 5.26 Å². The second-order valence-electron chi connectivity index (χ2n) is 4.13. The summed E-state index contributed by atoms with van der Waals surface area (Å²) in [7, 11) is 1.99. The number of hydrogen-bond acceptors (Lipinski definition) is 4. The standard InChI is InChI=1S/C12H16N4/c1-9-10(7-13)3-4-12(15-9)16-6-5-11(8-16)14-2/h3-4,11,14H,5-6,8H2,1-2H3. The van der Waals surface area contributed by atoms with Crippen LogP contribution < -0.4 is 10.2 Å². The van der Waals surface area contributed by atoms with E-state index in [0.717, 1.165) is 31.0 Å². The maximum Gasteiger partial charge on any atom is 0.128 e. The Balaban J connectivity index is 2.17. The first-order chi connectivity index (χ1) is 7.74. The summed E-state index contributed by atoms with van der Waals surface area (Å²) in [4.78, 5) is 6.73. The molecule has 2 heterocycles. The van der Waals surface area contributed by atoms with E-state index in [-0.39, 0.29) is 0 Å². The maximum atomic E-state index is 8.84. The zero-order valence-corrected chi connectivity index (χ0v) is 9.70. The van der Waals surface area contributed by atoms with E-state index in [2.05, 4.69) is 21.3 Å². The predicted octanol–water partition coefficient (Wildman–Crippen LogP) is 1.06. The third-order valence-electron chi connectivity index (χ3n) is 3.11. The monoisotopic (exact) mass is 216 g/mol. The van der Waals surface area contributed by atoms with Gasteiger partial charge in [0.15, 0.2) is 0 Å². The van der Waals surface area contributed by atoms with Crippen LogP contribution in [-0.4, -0.2) is 31.2 Å². The number of nitrogens with zero attached hydrogens (tertiary/aromatic N) is 3. The lowest BCUT2D eigenvalue weighted by Crippen LogP contribution is -2.29. The molecule has 1 aliphatic heterocycles. The van der Waals surface area contributed by atoms with Gasteiger partial charge in [0.05, 0.1) is 11.3 Å². The molecular formula is C12H16N4. The van der Waals surface area contributed by atoms with Gasteiger partial charge in [0.2, 0.25) is 0 Å². The van der Waals surface area contributed by atoms with E-state index in [0.29, 0.717) is 11.6 Å². The van der Waals surface area contributed by atoms with Crippen molar-refractivity contribution in [3.05, 3.63) is 23.4 Å². The molecule has 2 rings (SSSR count). The highest BCUT2D eigenvalue weighted by Gasteiger charge is 2.22. The first-order valence-electron chi connectivity index (χ1n) is 5.54. The molecule has 84 valence electrons. The Bertz CT molecular complexity index is 422. The summed E-state index contributed by atoms with van der Waals surface area (Å²) in [6, 6.07) is 6.48. The van der Waals surface area contributed by atoms with Crippen molar-refractivity contribution in [3.8, 4) is 6.07 Å². The zero-order chi connectivity index (χ0) is 11.5. The first kappa shape index (κ1) is 10.9. The molecule has 0 spiro atoms. The summed E-state index contributed by atoms with van der Waals surface area (Å²) in [5.41, 5.74) is 1.47. The number of pyridine rings is 1. The third-order valence-corrected chi connectivity index (χ3v) is 3.11. The van der Waals surface area contributed by atoms with Crippen LogP contribution in [0.25, 0.3) is 0 Å². The average Bonchev–Trinajstić information content (AvgIpc) is 2.77. The predicted molar refractivity (Wildman–Crippen MR) is 63.4 cm³/mol. The molecule has 1 saturated heterocycles. The number of nitriles is 1. The molecular weight excluding hydrogens is 200 g/mol. The van der Waals surface area contributed by atoms with Gasteiger partial charge < -0.3 is 10.2 Å². The first-order valence-corrected chi connectivity index (χ1v) is 5.54. The fourth-order valence-corrected chi connectivity index (χ4v) is 2.05. The van der Waals surface area contributed by atoms with Gasteiger partial charge in [-0.05, 0) is 32.5 Å². The molecule has 0 amide bonds. The molecule has 0 saturated carbocycles. The Kier molecular flexibility index (Phi) is 3.07. The number of rotatable bonds is 2. The zero-order valence-electron chi connectivity index (χ0n) is 9.70. The topological polar surface area (TPSA) is 52.0 Å². The van der Waals surface area contributed by atoms with Gasteiger partial charge in [0.25, 0.3) is 0 Å². The molecule has 0 aromatic carbocycles. The van der Waals surface area contributed by atoms with Crippen molar-refractivity contribution >= 4 is 5.82 Å². The molecule has 4 heteroatoms. The number of nitrogens with one attached hydrogen (secondary N) is 1. The molecule has 1 atom stereocenters. The molecule has 4 nitrogen and oxygen atoms in total. The van der Waals surface area contributed by atoms with Crippen LogP contribution in [0.2, 0.25) is 0 Å². The number of aryl methyl sites for hydroxylation is 1. The minimum atomic E-state index is 0.553. The normalized spacial score (nSPS) is 19.8. The minimum Gasteiger partial charge on any atom is -0.355 e. The van der Waals surface area contributed by atoms with E-state index < -0.39 is 0 Å². The molecule has 1 aromatic heterocycles. The fourth-order valence-electron chi connectivity index (χ4n) is 2.05. The largest absolute Gasteiger partial charge is 0.355 e. The summed E-state index contributed by atoms with van der Waals surface area (Å²) in [6.07, 6.45) is 1.15. The molecule has 1 unspecified atom stereocenters. The quantitative estimate of drug-likeness (QED) is 0.803. The third kappa shape index (κ3) is 2.00. The summed E-state index contributed by atoms with van der Waals surface area (Å²) in [5, 5.41) is 12.1. The second-order valence-corrected chi connectivity index (χ2v) is 4.13. The maximum absolute atomic E-state index is 8.84. The van der Waals surface area contributed by atoms with Crippen LogP contribution in [0.5, 0.6) is 0 Å². The van der Waals surface area contributed by atoms with Crippen LogP contribution in [0.1, 0.15) is 17.7 Å². The van der Waals surface area contributed by atoms with Gasteiger partial charge in [-0.25, -0.2) is 4.98 Å². The molecule has 1 aliphatic rings. The van der Waals surface area contributed by atoms with Gasteiger partial charge in [-0.2, -0.15) is 5.26 Å². The van der Waals surface area contributed by atoms with Crippen molar-refractivity contribution in [2.24, 2.45) is 0 Å². The van der Waals surface area contributed by atoms with Crippen LogP contribution in [0.15, 0.2) is 12.1 Å². The molecule has 0 radical (unpaired) electrons. The number of likely N-dealkylation sites (N-methyl/N-ethyl adjacent to an activating group) is 1. The van der Waals surface area contributed by atoms with E-state index in [9.17, 15) is 0 Å². The number of anilines is 1. The van der Waals surface area contributed by atoms with Gasteiger partial charge in [-0.1, -0.05) is 0 Å². The van der Waals surface area contributed by atoms with Crippen LogP contribution in [0.3, 0.4) is 0 Å². The van der Waals surface area contributed by atoms with E-state index in [1.54, 1.807) is 0 Å². The SMILES string of the molecule is CNC1CCN(c2ccc(C#N)c(C)n2)C1. The number of hydrogen-bond donors (Lipinski definition) is 1. The Labute approximate surface area is 95.9 Å². The Morgan fingerprint density at radius 2 is 2.38 bits per heavy atom. The highest BCUT2D eigenvalue weighted by atomic mass is 15.2. The fraction of sp³-hybridized carbons (Fsp3) is 0.500.